The standard InChI is InChI=1S/C20H28N2O4S/c1-19(2,3)17-21-15-11-14(27(24,25)20(4,5)18(23)26-6)9-10-16(15)22(17)12-13-7-8-13/h9-11,13H,7-8,12H2,1-6H3. The zero-order valence-corrected chi connectivity index (χ0v) is 17.7. The Morgan fingerprint density at radius 3 is 2.37 bits per heavy atom. The lowest BCUT2D eigenvalue weighted by molar-refractivity contribution is -0.142. The Labute approximate surface area is 160 Å². The molecule has 7 heteroatoms. The van der Waals surface area contributed by atoms with E-state index in [1.165, 1.54) is 33.8 Å². The first kappa shape index (κ1) is 19.9. The van der Waals surface area contributed by atoms with Crippen molar-refractivity contribution in [1.29, 1.82) is 0 Å². The number of carbonyl (C=O) groups excluding carboxylic acids is 1. The van der Waals surface area contributed by atoms with Crippen molar-refractivity contribution in [1.82, 2.24) is 9.55 Å². The summed E-state index contributed by atoms with van der Waals surface area (Å²) in [6.07, 6.45) is 2.45. The van der Waals surface area contributed by atoms with E-state index in [0.717, 1.165) is 17.9 Å². The molecule has 0 N–H and O–H groups in total. The van der Waals surface area contributed by atoms with E-state index < -0.39 is 20.6 Å². The molecular weight excluding hydrogens is 364 g/mol. The van der Waals surface area contributed by atoms with Crippen molar-refractivity contribution in [3.05, 3.63) is 24.0 Å². The number of carbonyl (C=O) groups is 1. The average Bonchev–Trinajstić information content (AvgIpc) is 3.32. The summed E-state index contributed by atoms with van der Waals surface area (Å²) in [5.41, 5.74) is 1.42. The summed E-state index contributed by atoms with van der Waals surface area (Å²) in [7, 11) is -2.72. The van der Waals surface area contributed by atoms with E-state index in [-0.39, 0.29) is 10.3 Å². The summed E-state index contributed by atoms with van der Waals surface area (Å²) >= 11 is 0. The second-order valence-electron chi connectivity index (χ2n) is 8.90. The largest absolute Gasteiger partial charge is 0.468 e. The lowest BCUT2D eigenvalue weighted by Gasteiger charge is -2.21. The highest BCUT2D eigenvalue weighted by Crippen LogP contribution is 2.36. The van der Waals surface area contributed by atoms with Crippen molar-refractivity contribution in [2.24, 2.45) is 5.92 Å². The SMILES string of the molecule is COC(=O)C(C)(C)S(=O)(=O)c1ccc2c(c1)nc(C(C)(C)C)n2CC1CC1. The molecule has 0 bridgehead atoms. The zero-order chi connectivity index (χ0) is 20.2. The van der Waals surface area contributed by atoms with Crippen LogP contribution in [0.15, 0.2) is 23.1 Å². The predicted octanol–water partition coefficient (Wildman–Crippen LogP) is 3.47. The number of hydrogen-bond donors (Lipinski definition) is 0. The second kappa shape index (κ2) is 6.33. The first-order valence-electron chi connectivity index (χ1n) is 9.23. The van der Waals surface area contributed by atoms with Crippen molar-refractivity contribution in [3.8, 4) is 0 Å². The van der Waals surface area contributed by atoms with Gasteiger partial charge < -0.3 is 9.30 Å². The summed E-state index contributed by atoms with van der Waals surface area (Å²) < 4.78 is 31.3. The summed E-state index contributed by atoms with van der Waals surface area (Å²) in [6, 6.07) is 4.95. The van der Waals surface area contributed by atoms with Crippen molar-refractivity contribution in [2.75, 3.05) is 7.11 Å². The van der Waals surface area contributed by atoms with Crippen LogP contribution in [0.5, 0.6) is 0 Å². The molecular formula is C20H28N2O4S. The van der Waals surface area contributed by atoms with Gasteiger partial charge in [0, 0.05) is 12.0 Å². The van der Waals surface area contributed by atoms with Crippen LogP contribution in [0.3, 0.4) is 0 Å². The van der Waals surface area contributed by atoms with Gasteiger partial charge in [-0.25, -0.2) is 13.4 Å². The Morgan fingerprint density at radius 1 is 1.22 bits per heavy atom. The quantitative estimate of drug-likeness (QED) is 0.728. The Morgan fingerprint density at radius 2 is 1.85 bits per heavy atom. The summed E-state index contributed by atoms with van der Waals surface area (Å²) in [5, 5.41) is 0. The Bertz CT molecular complexity index is 993. The maximum Gasteiger partial charge on any atom is 0.327 e. The topological polar surface area (TPSA) is 78.3 Å². The molecule has 0 amide bonds. The van der Waals surface area contributed by atoms with Gasteiger partial charge in [-0.2, -0.15) is 0 Å². The van der Waals surface area contributed by atoms with Crippen molar-refractivity contribution in [3.63, 3.8) is 0 Å². The fourth-order valence-corrected chi connectivity index (χ4v) is 4.65. The van der Waals surface area contributed by atoms with E-state index >= 15 is 0 Å². The van der Waals surface area contributed by atoms with Crippen molar-refractivity contribution < 1.29 is 17.9 Å². The molecule has 6 nitrogen and oxygen atoms in total. The number of esters is 1. The molecule has 1 aliphatic rings. The number of methoxy groups -OCH3 is 1. The Kier molecular flexibility index (Phi) is 4.65. The summed E-state index contributed by atoms with van der Waals surface area (Å²) in [5.74, 6) is 0.841. The number of nitrogens with zero attached hydrogens (tertiary/aromatic N) is 2. The maximum atomic E-state index is 13.0. The molecule has 3 rings (SSSR count). The molecule has 0 saturated heterocycles. The molecule has 1 aromatic heterocycles. The highest BCUT2D eigenvalue weighted by molar-refractivity contribution is 7.93. The molecule has 1 aromatic carbocycles. The fourth-order valence-electron chi connectivity index (χ4n) is 3.24. The number of fused-ring (bicyclic) bond motifs is 1. The van der Waals surface area contributed by atoms with Crippen LogP contribution in [-0.4, -0.2) is 35.8 Å². The van der Waals surface area contributed by atoms with Crippen molar-refractivity contribution >= 4 is 26.8 Å². The minimum atomic E-state index is -3.91. The summed E-state index contributed by atoms with van der Waals surface area (Å²) in [4.78, 5) is 16.9. The smallest absolute Gasteiger partial charge is 0.327 e. The van der Waals surface area contributed by atoms with Crippen LogP contribution in [0.1, 0.15) is 53.3 Å². The molecule has 1 heterocycles. The first-order valence-corrected chi connectivity index (χ1v) is 10.7. The molecule has 1 aliphatic carbocycles. The van der Waals surface area contributed by atoms with Crippen LogP contribution < -0.4 is 0 Å². The zero-order valence-electron chi connectivity index (χ0n) is 16.9. The number of imidazole rings is 1. The summed E-state index contributed by atoms with van der Waals surface area (Å²) in [6.45, 7) is 9.96. The number of hydrogen-bond acceptors (Lipinski definition) is 5. The number of rotatable bonds is 5. The van der Waals surface area contributed by atoms with E-state index in [9.17, 15) is 13.2 Å². The number of aromatic nitrogens is 2. The minimum absolute atomic E-state index is 0.0851. The van der Waals surface area contributed by atoms with Gasteiger partial charge in [-0.15, -0.1) is 0 Å². The van der Waals surface area contributed by atoms with Gasteiger partial charge in [-0.3, -0.25) is 4.79 Å². The molecule has 0 radical (unpaired) electrons. The van der Waals surface area contributed by atoms with Gasteiger partial charge in [0.2, 0.25) is 0 Å². The highest BCUT2D eigenvalue weighted by atomic mass is 32.2. The Hall–Kier alpha value is -1.89. The molecule has 0 atom stereocenters. The number of sulfone groups is 1. The van der Waals surface area contributed by atoms with Crippen LogP contribution in [0.2, 0.25) is 0 Å². The van der Waals surface area contributed by atoms with E-state index in [1.807, 2.05) is 0 Å². The van der Waals surface area contributed by atoms with E-state index in [0.29, 0.717) is 11.4 Å². The molecule has 27 heavy (non-hydrogen) atoms. The monoisotopic (exact) mass is 392 g/mol. The molecule has 0 unspecified atom stereocenters. The number of benzene rings is 1. The van der Waals surface area contributed by atoms with Gasteiger partial charge in [0.1, 0.15) is 5.82 Å². The maximum absolute atomic E-state index is 13.0. The highest BCUT2D eigenvalue weighted by Gasteiger charge is 2.44. The molecule has 1 fully saturated rings. The normalized spacial score (nSPS) is 15.9. The molecule has 0 spiro atoms. The van der Waals surface area contributed by atoms with Gasteiger partial charge in [-0.1, -0.05) is 20.8 Å². The third kappa shape index (κ3) is 3.37. The molecule has 2 aromatic rings. The average molecular weight is 393 g/mol. The minimum Gasteiger partial charge on any atom is -0.468 e. The van der Waals surface area contributed by atoms with Crippen LogP contribution in [0.25, 0.3) is 11.0 Å². The van der Waals surface area contributed by atoms with Crippen LogP contribution in [0.4, 0.5) is 0 Å². The predicted molar refractivity (Wildman–Crippen MR) is 104 cm³/mol. The third-order valence-corrected chi connectivity index (χ3v) is 7.57. The molecule has 1 saturated carbocycles. The fraction of sp³-hybridized carbons (Fsp3) is 0.600. The Balaban J connectivity index is 2.14. The lowest BCUT2D eigenvalue weighted by Crippen LogP contribution is -2.41. The third-order valence-electron chi connectivity index (χ3n) is 5.19. The lowest BCUT2D eigenvalue weighted by atomic mass is 9.95. The van der Waals surface area contributed by atoms with Gasteiger partial charge >= 0.3 is 5.97 Å². The van der Waals surface area contributed by atoms with Crippen LogP contribution in [-0.2, 0) is 31.3 Å². The van der Waals surface area contributed by atoms with E-state index in [1.54, 1.807) is 18.2 Å². The van der Waals surface area contributed by atoms with Gasteiger partial charge in [0.25, 0.3) is 0 Å². The van der Waals surface area contributed by atoms with Crippen molar-refractivity contribution in [2.45, 2.75) is 69.1 Å². The number of ether oxygens (including phenoxy) is 1. The van der Waals surface area contributed by atoms with Crippen LogP contribution in [0, 0.1) is 5.92 Å². The molecule has 0 aliphatic heterocycles. The van der Waals surface area contributed by atoms with Gasteiger partial charge in [0.05, 0.1) is 23.0 Å². The van der Waals surface area contributed by atoms with Gasteiger partial charge in [0.15, 0.2) is 14.6 Å². The second-order valence-corrected chi connectivity index (χ2v) is 11.4. The first-order chi connectivity index (χ1) is 12.4. The van der Waals surface area contributed by atoms with E-state index in [4.69, 9.17) is 9.72 Å². The van der Waals surface area contributed by atoms with Crippen LogP contribution >= 0.6 is 0 Å². The van der Waals surface area contributed by atoms with Gasteiger partial charge in [-0.05, 0) is 50.8 Å². The molecule has 148 valence electrons. The van der Waals surface area contributed by atoms with E-state index in [2.05, 4.69) is 25.3 Å².